The molecule has 2 aromatic carbocycles. The van der Waals surface area contributed by atoms with Gasteiger partial charge in [-0.25, -0.2) is 0 Å². The third-order valence-corrected chi connectivity index (χ3v) is 5.16. The number of anilines is 3. The van der Waals surface area contributed by atoms with Crippen LogP contribution >= 0.6 is 11.8 Å². The van der Waals surface area contributed by atoms with E-state index in [2.05, 4.69) is 10.6 Å². The average Bonchev–Trinajstić information content (AvgIpc) is 2.67. The summed E-state index contributed by atoms with van der Waals surface area (Å²) in [5, 5.41) is 5.66. The van der Waals surface area contributed by atoms with Crippen LogP contribution in [0.25, 0.3) is 0 Å². The predicted octanol–water partition coefficient (Wildman–Crippen LogP) is 0.847. The van der Waals surface area contributed by atoms with Gasteiger partial charge in [0, 0.05) is 4.90 Å². The first kappa shape index (κ1) is 19.9. The molecule has 28 heavy (non-hydrogen) atoms. The van der Waals surface area contributed by atoms with Gasteiger partial charge in [-0.3, -0.25) is 19.3 Å². The Morgan fingerprint density at radius 1 is 1.14 bits per heavy atom. The first-order valence-corrected chi connectivity index (χ1v) is 10.1. The minimum Gasteiger partial charge on any atom is -0.323 e. The fourth-order valence-corrected chi connectivity index (χ4v) is 3.64. The molecule has 7 nitrogen and oxygen atoms in total. The Hall–Kier alpha value is -2.84. The number of hydrogen-bond donors (Lipinski definition) is 3. The average molecular weight is 399 g/mol. The topological polar surface area (TPSA) is 83.0 Å². The van der Waals surface area contributed by atoms with E-state index in [-0.39, 0.29) is 37.4 Å². The van der Waals surface area contributed by atoms with Gasteiger partial charge in [-0.1, -0.05) is 24.3 Å². The van der Waals surface area contributed by atoms with Gasteiger partial charge in [0.25, 0.3) is 11.8 Å². The van der Waals surface area contributed by atoms with Crippen LogP contribution in [0.5, 0.6) is 0 Å². The Labute approximate surface area is 168 Å². The van der Waals surface area contributed by atoms with Crippen molar-refractivity contribution >= 4 is 46.5 Å². The van der Waals surface area contributed by atoms with E-state index >= 15 is 0 Å². The zero-order valence-electron chi connectivity index (χ0n) is 15.8. The fourth-order valence-electron chi connectivity index (χ4n) is 3.09. The van der Waals surface area contributed by atoms with Gasteiger partial charge in [0.05, 0.1) is 24.1 Å². The number of hydrogen-bond acceptors (Lipinski definition) is 4. The minimum atomic E-state index is -0.226. The van der Waals surface area contributed by atoms with Crippen molar-refractivity contribution in [2.45, 2.75) is 4.90 Å². The molecular formula is C20H23N4O3S+. The van der Waals surface area contributed by atoms with Crippen LogP contribution in [0.3, 0.4) is 0 Å². The number of fused-ring (bicyclic) bond motifs is 1. The molecule has 0 radical (unpaired) electrons. The molecule has 1 aliphatic rings. The molecule has 0 aromatic heterocycles. The van der Waals surface area contributed by atoms with Crippen molar-refractivity contribution in [2.75, 3.05) is 48.5 Å². The van der Waals surface area contributed by atoms with E-state index in [1.165, 1.54) is 4.90 Å². The number of amides is 3. The van der Waals surface area contributed by atoms with E-state index in [9.17, 15) is 14.4 Å². The molecule has 8 heteroatoms. The number of thioether (sulfide) groups is 1. The lowest BCUT2D eigenvalue weighted by atomic mass is 10.2. The van der Waals surface area contributed by atoms with E-state index in [1.54, 1.807) is 37.0 Å². The fraction of sp³-hybridized carbons (Fsp3) is 0.250. The Kier molecular flexibility index (Phi) is 6.33. The summed E-state index contributed by atoms with van der Waals surface area (Å²) in [4.78, 5) is 40.2. The second-order valence-corrected chi connectivity index (χ2v) is 7.45. The molecule has 3 N–H and O–H groups in total. The number of carbonyl (C=O) groups excluding carboxylic acids is 3. The summed E-state index contributed by atoms with van der Waals surface area (Å²) in [6.07, 6.45) is 1.95. The van der Waals surface area contributed by atoms with E-state index < -0.39 is 0 Å². The molecule has 1 atom stereocenters. The third kappa shape index (κ3) is 4.71. The summed E-state index contributed by atoms with van der Waals surface area (Å²) >= 11 is 1.56. The smallest absolute Gasteiger partial charge is 0.282 e. The van der Waals surface area contributed by atoms with Gasteiger partial charge >= 0.3 is 0 Å². The normalized spacial score (nSPS) is 14.1. The summed E-state index contributed by atoms with van der Waals surface area (Å²) in [5.74, 6) is -0.586. The van der Waals surface area contributed by atoms with Crippen molar-refractivity contribution in [2.24, 2.45) is 0 Å². The van der Waals surface area contributed by atoms with Crippen LogP contribution in [0, 0.1) is 0 Å². The largest absolute Gasteiger partial charge is 0.323 e. The molecule has 0 aliphatic carbocycles. The maximum atomic E-state index is 12.7. The standard InChI is InChI=1S/C20H22N4O3S/c1-23(11-18(25)22-15-8-4-6-10-17(15)28-2)13-20(27)24-12-19(26)21-14-7-3-5-9-16(14)24/h3-10H,11-13H2,1-2H3,(H,21,26)(H,22,25)/p+1. The van der Waals surface area contributed by atoms with Crippen LogP contribution in [-0.4, -0.2) is 50.7 Å². The number of quaternary nitrogens is 1. The molecule has 0 fully saturated rings. The summed E-state index contributed by atoms with van der Waals surface area (Å²) < 4.78 is 0. The van der Waals surface area contributed by atoms with Crippen LogP contribution in [0.1, 0.15) is 0 Å². The Balaban J connectivity index is 1.60. The highest BCUT2D eigenvalue weighted by atomic mass is 32.2. The van der Waals surface area contributed by atoms with Crippen molar-refractivity contribution < 1.29 is 19.3 Å². The SMILES string of the molecule is CSc1ccccc1NC(=O)C[NH+](C)CC(=O)N1CC(=O)Nc2ccccc21. The van der Waals surface area contributed by atoms with Crippen LogP contribution in [0.2, 0.25) is 0 Å². The summed E-state index contributed by atoms with van der Waals surface area (Å²) in [6.45, 7) is 0.242. The van der Waals surface area contributed by atoms with Gasteiger partial charge in [0.15, 0.2) is 13.1 Å². The molecule has 0 spiro atoms. The van der Waals surface area contributed by atoms with E-state index in [0.717, 1.165) is 15.5 Å². The Morgan fingerprint density at radius 3 is 2.64 bits per heavy atom. The van der Waals surface area contributed by atoms with Crippen LogP contribution in [0.4, 0.5) is 17.1 Å². The number of benzene rings is 2. The number of para-hydroxylation sites is 3. The summed E-state index contributed by atoms with van der Waals surface area (Å²) in [6, 6.07) is 14.8. The number of rotatable bonds is 6. The van der Waals surface area contributed by atoms with Crippen molar-refractivity contribution in [3.05, 3.63) is 48.5 Å². The third-order valence-electron chi connectivity index (χ3n) is 4.37. The zero-order chi connectivity index (χ0) is 20.1. The molecule has 1 aliphatic heterocycles. The number of nitrogens with zero attached hydrogens (tertiary/aromatic N) is 1. The van der Waals surface area contributed by atoms with Crippen molar-refractivity contribution in [1.82, 2.24) is 0 Å². The quantitative estimate of drug-likeness (QED) is 0.629. The first-order chi connectivity index (χ1) is 13.5. The predicted molar refractivity (Wildman–Crippen MR) is 111 cm³/mol. The first-order valence-electron chi connectivity index (χ1n) is 8.91. The van der Waals surface area contributed by atoms with Crippen molar-refractivity contribution in [3.8, 4) is 0 Å². The highest BCUT2D eigenvalue weighted by molar-refractivity contribution is 7.98. The second-order valence-electron chi connectivity index (χ2n) is 6.60. The molecule has 3 rings (SSSR count). The summed E-state index contributed by atoms with van der Waals surface area (Å²) in [7, 11) is 1.79. The van der Waals surface area contributed by atoms with Gasteiger partial charge in [0.2, 0.25) is 5.91 Å². The Morgan fingerprint density at radius 2 is 1.86 bits per heavy atom. The monoisotopic (exact) mass is 399 g/mol. The van der Waals surface area contributed by atoms with E-state index in [4.69, 9.17) is 0 Å². The lowest BCUT2D eigenvalue weighted by Gasteiger charge is -2.29. The van der Waals surface area contributed by atoms with Gasteiger partial charge in [0.1, 0.15) is 6.54 Å². The lowest BCUT2D eigenvalue weighted by molar-refractivity contribution is -0.862. The Bertz CT molecular complexity index is 903. The van der Waals surface area contributed by atoms with E-state index in [0.29, 0.717) is 11.4 Å². The summed E-state index contributed by atoms with van der Waals surface area (Å²) in [5.41, 5.74) is 2.06. The van der Waals surface area contributed by atoms with Gasteiger partial charge < -0.3 is 15.5 Å². The van der Waals surface area contributed by atoms with Crippen LogP contribution < -0.4 is 20.4 Å². The van der Waals surface area contributed by atoms with Crippen molar-refractivity contribution in [3.63, 3.8) is 0 Å². The molecule has 0 bridgehead atoms. The van der Waals surface area contributed by atoms with Gasteiger partial charge in [-0.05, 0) is 30.5 Å². The molecular weight excluding hydrogens is 376 g/mol. The molecule has 146 valence electrons. The molecule has 1 unspecified atom stereocenters. The van der Waals surface area contributed by atoms with Crippen molar-refractivity contribution in [1.29, 1.82) is 0 Å². The second kappa shape index (κ2) is 8.90. The maximum Gasteiger partial charge on any atom is 0.282 e. The zero-order valence-corrected chi connectivity index (χ0v) is 16.6. The molecule has 1 heterocycles. The highest BCUT2D eigenvalue weighted by Gasteiger charge is 2.28. The number of likely N-dealkylation sites (N-methyl/N-ethyl adjacent to an activating group) is 1. The molecule has 2 aromatic rings. The van der Waals surface area contributed by atoms with E-state index in [1.807, 2.05) is 36.6 Å². The molecule has 3 amide bonds. The van der Waals surface area contributed by atoms with Crippen LogP contribution in [-0.2, 0) is 14.4 Å². The van der Waals surface area contributed by atoms with Gasteiger partial charge in [-0.15, -0.1) is 11.8 Å². The molecule has 0 saturated carbocycles. The maximum absolute atomic E-state index is 12.7. The minimum absolute atomic E-state index is 0.0174. The van der Waals surface area contributed by atoms with Gasteiger partial charge in [-0.2, -0.15) is 0 Å². The highest BCUT2D eigenvalue weighted by Crippen LogP contribution is 2.28. The number of nitrogens with one attached hydrogen (secondary N) is 3. The number of carbonyl (C=O) groups is 3. The van der Waals surface area contributed by atoms with Crippen LogP contribution in [0.15, 0.2) is 53.4 Å². The molecule has 0 saturated heterocycles. The lowest BCUT2D eigenvalue weighted by Crippen LogP contribution is -3.11.